The van der Waals surface area contributed by atoms with Crippen LogP contribution in [0, 0.1) is 6.20 Å². The number of aliphatic hydroxyl groups excluding tert-OH is 1. The number of hydrogen-bond donors (Lipinski definition) is 1. The van der Waals surface area contributed by atoms with Gasteiger partial charge in [-0.05, 0) is 12.1 Å². The molecule has 8 heavy (non-hydrogen) atoms. The third-order valence-electron chi connectivity index (χ3n) is 1.14. The summed E-state index contributed by atoms with van der Waals surface area (Å²) >= 11 is 0. The highest BCUT2D eigenvalue weighted by molar-refractivity contribution is 5.03. The van der Waals surface area contributed by atoms with E-state index in [4.69, 9.17) is 5.11 Å². The van der Waals surface area contributed by atoms with Crippen molar-refractivity contribution >= 4 is 0 Å². The van der Waals surface area contributed by atoms with E-state index in [1.54, 1.807) is 10.6 Å². The molecule has 1 N–H and O–H groups in total. The van der Waals surface area contributed by atoms with Gasteiger partial charge < -0.3 is 9.67 Å². The Kier molecular flexibility index (Phi) is 1.35. The van der Waals surface area contributed by atoms with E-state index in [2.05, 4.69) is 6.20 Å². The second-order valence-corrected chi connectivity index (χ2v) is 1.67. The summed E-state index contributed by atoms with van der Waals surface area (Å²) in [6.45, 7) is 0.0972. The summed E-state index contributed by atoms with van der Waals surface area (Å²) in [6, 6.07) is 3.62. The van der Waals surface area contributed by atoms with Crippen LogP contribution in [-0.2, 0) is 13.7 Å². The highest BCUT2D eigenvalue weighted by Crippen LogP contribution is 1.95. The molecule has 1 aromatic rings. The van der Waals surface area contributed by atoms with Crippen molar-refractivity contribution in [2.45, 2.75) is 6.61 Å². The molecule has 0 atom stereocenters. The molecule has 0 bridgehead atoms. The predicted molar refractivity (Wildman–Crippen MR) is 30.2 cm³/mol. The van der Waals surface area contributed by atoms with E-state index in [9.17, 15) is 0 Å². The first-order valence-electron chi connectivity index (χ1n) is 2.47. The van der Waals surface area contributed by atoms with Crippen LogP contribution in [0.5, 0.6) is 0 Å². The molecule has 1 radical (unpaired) electrons. The van der Waals surface area contributed by atoms with Crippen LogP contribution in [0.3, 0.4) is 0 Å². The van der Waals surface area contributed by atoms with E-state index in [-0.39, 0.29) is 6.61 Å². The van der Waals surface area contributed by atoms with Gasteiger partial charge in [-0.25, -0.2) is 0 Å². The van der Waals surface area contributed by atoms with Gasteiger partial charge in [-0.1, -0.05) is 0 Å². The zero-order chi connectivity index (χ0) is 5.98. The minimum Gasteiger partial charge on any atom is -0.390 e. The maximum Gasteiger partial charge on any atom is 0.0832 e. The van der Waals surface area contributed by atoms with Crippen molar-refractivity contribution in [3.05, 3.63) is 24.0 Å². The zero-order valence-electron chi connectivity index (χ0n) is 4.76. The predicted octanol–water partition coefficient (Wildman–Crippen LogP) is 0.318. The third-order valence-corrected chi connectivity index (χ3v) is 1.14. The second-order valence-electron chi connectivity index (χ2n) is 1.67. The summed E-state index contributed by atoms with van der Waals surface area (Å²) in [5.74, 6) is 0. The number of aryl methyl sites for hydroxylation is 1. The molecule has 0 aromatic carbocycles. The van der Waals surface area contributed by atoms with E-state index in [1.807, 2.05) is 13.1 Å². The van der Waals surface area contributed by atoms with Crippen molar-refractivity contribution in [1.29, 1.82) is 0 Å². The monoisotopic (exact) mass is 110 g/mol. The first kappa shape index (κ1) is 5.38. The molecule has 1 heterocycles. The van der Waals surface area contributed by atoms with Gasteiger partial charge in [0.05, 0.1) is 12.8 Å². The summed E-state index contributed by atoms with van der Waals surface area (Å²) < 4.78 is 1.76. The number of hydrogen-bond acceptors (Lipinski definition) is 1. The van der Waals surface area contributed by atoms with Crippen molar-refractivity contribution in [2.24, 2.45) is 7.05 Å². The molecule has 2 heteroatoms. The molecule has 0 saturated carbocycles. The molecule has 0 aliphatic rings. The molecule has 0 fully saturated rings. The summed E-state index contributed by atoms with van der Waals surface area (Å²) in [7, 11) is 1.85. The smallest absolute Gasteiger partial charge is 0.0832 e. The maximum atomic E-state index is 8.57. The van der Waals surface area contributed by atoms with E-state index < -0.39 is 0 Å². The second kappa shape index (κ2) is 2.01. The molecule has 0 amide bonds. The molecule has 0 spiro atoms. The van der Waals surface area contributed by atoms with Crippen LogP contribution >= 0.6 is 0 Å². The topological polar surface area (TPSA) is 25.2 Å². The quantitative estimate of drug-likeness (QED) is 0.553. The number of nitrogens with zero attached hydrogens (tertiary/aromatic N) is 1. The van der Waals surface area contributed by atoms with Gasteiger partial charge in [0.25, 0.3) is 0 Å². The number of rotatable bonds is 1. The fourth-order valence-electron chi connectivity index (χ4n) is 0.599. The molecule has 1 rings (SSSR count). The van der Waals surface area contributed by atoms with Crippen LogP contribution in [0.25, 0.3) is 0 Å². The van der Waals surface area contributed by atoms with Gasteiger partial charge in [0, 0.05) is 12.7 Å². The summed E-state index contributed by atoms with van der Waals surface area (Å²) in [5.41, 5.74) is 0.894. The average molecular weight is 110 g/mol. The van der Waals surface area contributed by atoms with Gasteiger partial charge in [0.15, 0.2) is 0 Å². The lowest BCUT2D eigenvalue weighted by molar-refractivity contribution is 0.272. The Labute approximate surface area is 48.4 Å². The molecule has 0 aliphatic heterocycles. The van der Waals surface area contributed by atoms with Gasteiger partial charge in [-0.3, -0.25) is 0 Å². The Morgan fingerprint density at radius 2 is 2.62 bits per heavy atom. The van der Waals surface area contributed by atoms with Crippen LogP contribution in [0.4, 0.5) is 0 Å². The van der Waals surface area contributed by atoms with Crippen molar-refractivity contribution in [1.82, 2.24) is 4.57 Å². The average Bonchev–Trinajstić information content (AvgIpc) is 2.14. The Morgan fingerprint density at radius 1 is 1.88 bits per heavy atom. The summed E-state index contributed by atoms with van der Waals surface area (Å²) in [6.07, 6.45) is 2.88. The van der Waals surface area contributed by atoms with E-state index >= 15 is 0 Å². The highest BCUT2D eigenvalue weighted by atomic mass is 16.3. The van der Waals surface area contributed by atoms with Crippen LogP contribution in [0.2, 0.25) is 0 Å². The van der Waals surface area contributed by atoms with Crippen molar-refractivity contribution in [3.63, 3.8) is 0 Å². The van der Waals surface area contributed by atoms with Crippen LogP contribution in [-0.4, -0.2) is 9.67 Å². The molecular formula is C6H8NO. The molecule has 0 unspecified atom stereocenters. The van der Waals surface area contributed by atoms with Crippen LogP contribution < -0.4 is 0 Å². The molecule has 43 valence electrons. The molecule has 0 saturated heterocycles. The molecular weight excluding hydrogens is 102 g/mol. The van der Waals surface area contributed by atoms with Crippen LogP contribution in [0.1, 0.15) is 5.69 Å². The normalized spacial score (nSPS) is 9.75. The largest absolute Gasteiger partial charge is 0.390 e. The Hall–Kier alpha value is -0.760. The standard InChI is InChI=1S/C6H8NO/c1-7-4-2-3-6(7)5-8/h2-3,8H,5H2,1H3. The highest BCUT2D eigenvalue weighted by Gasteiger charge is 1.90. The molecule has 0 aliphatic carbocycles. The lowest BCUT2D eigenvalue weighted by Crippen LogP contribution is -1.92. The van der Waals surface area contributed by atoms with Gasteiger partial charge in [-0.2, -0.15) is 0 Å². The fourth-order valence-corrected chi connectivity index (χ4v) is 0.599. The molecule has 1 aromatic heterocycles. The Morgan fingerprint density at radius 3 is 2.88 bits per heavy atom. The third kappa shape index (κ3) is 0.746. The number of aliphatic hydroxyl groups is 1. The van der Waals surface area contributed by atoms with Gasteiger partial charge >= 0.3 is 0 Å². The minimum absolute atomic E-state index is 0.0972. The van der Waals surface area contributed by atoms with E-state index in [0.29, 0.717) is 0 Å². The fraction of sp³-hybridized carbons (Fsp3) is 0.333. The molecule has 2 nitrogen and oxygen atoms in total. The zero-order valence-corrected chi connectivity index (χ0v) is 4.76. The first-order chi connectivity index (χ1) is 3.84. The summed E-state index contributed by atoms with van der Waals surface area (Å²) in [4.78, 5) is 0. The van der Waals surface area contributed by atoms with Crippen molar-refractivity contribution < 1.29 is 5.11 Å². The summed E-state index contributed by atoms with van der Waals surface area (Å²) in [5, 5.41) is 8.57. The lowest BCUT2D eigenvalue weighted by Gasteiger charge is -1.93. The minimum atomic E-state index is 0.0972. The number of aromatic nitrogens is 1. The SMILES string of the molecule is Cn1[c]ccc1CO. The van der Waals surface area contributed by atoms with Crippen LogP contribution in [0.15, 0.2) is 12.1 Å². The van der Waals surface area contributed by atoms with E-state index in [1.165, 1.54) is 0 Å². The lowest BCUT2D eigenvalue weighted by atomic mass is 10.5. The first-order valence-corrected chi connectivity index (χ1v) is 2.47. The van der Waals surface area contributed by atoms with Crippen molar-refractivity contribution in [3.8, 4) is 0 Å². The maximum absolute atomic E-state index is 8.57. The van der Waals surface area contributed by atoms with Gasteiger partial charge in [-0.15, -0.1) is 0 Å². The Bertz CT molecular complexity index is 169. The van der Waals surface area contributed by atoms with Crippen molar-refractivity contribution in [2.75, 3.05) is 0 Å². The van der Waals surface area contributed by atoms with Gasteiger partial charge in [0.2, 0.25) is 0 Å². The van der Waals surface area contributed by atoms with E-state index in [0.717, 1.165) is 5.69 Å². The Balaban J connectivity index is 2.92. The van der Waals surface area contributed by atoms with Gasteiger partial charge in [0.1, 0.15) is 0 Å².